The van der Waals surface area contributed by atoms with E-state index in [1.807, 2.05) is 0 Å². The molecule has 0 aliphatic rings. The molecule has 7 heteroatoms. The normalized spacial score (nSPS) is 13.8. The molecule has 0 aromatic heterocycles. The molecular formula is C13H19NO6. The molecule has 5 N–H and O–H groups in total. The van der Waals surface area contributed by atoms with Gasteiger partial charge in [0.25, 0.3) is 0 Å². The molecule has 112 valence electrons. The van der Waals surface area contributed by atoms with Crippen molar-refractivity contribution in [2.24, 2.45) is 0 Å². The minimum Gasteiger partial charge on any atom is -0.478 e. The van der Waals surface area contributed by atoms with Crippen molar-refractivity contribution in [2.45, 2.75) is 12.2 Å². The van der Waals surface area contributed by atoms with Gasteiger partial charge in [-0.25, -0.2) is 4.79 Å². The molecule has 0 saturated heterocycles. The Kier molecular flexibility index (Phi) is 6.40. The highest BCUT2D eigenvalue weighted by molar-refractivity contribution is 5.88. The number of rotatable bonds is 8. The number of hydrogen-bond donors (Lipinski definition) is 5. The smallest absolute Gasteiger partial charge is 0.335 e. The minimum atomic E-state index is -1.09. The van der Waals surface area contributed by atoms with Gasteiger partial charge in [0, 0.05) is 18.8 Å². The third-order valence-corrected chi connectivity index (χ3v) is 2.74. The molecule has 0 spiro atoms. The third-order valence-electron chi connectivity index (χ3n) is 2.74. The summed E-state index contributed by atoms with van der Waals surface area (Å²) in [7, 11) is 0. The van der Waals surface area contributed by atoms with Gasteiger partial charge in [0.15, 0.2) is 0 Å². The Morgan fingerprint density at radius 3 is 2.10 bits per heavy atom. The highest BCUT2D eigenvalue weighted by atomic mass is 16.4. The molecule has 2 atom stereocenters. The minimum absolute atomic E-state index is 0.0105. The fourth-order valence-corrected chi connectivity index (χ4v) is 1.75. The zero-order valence-electron chi connectivity index (χ0n) is 10.9. The van der Waals surface area contributed by atoms with Gasteiger partial charge in [-0.1, -0.05) is 6.07 Å². The maximum absolute atomic E-state index is 10.9. The van der Waals surface area contributed by atoms with E-state index in [0.29, 0.717) is 5.69 Å². The number of carboxylic acid groups (broad SMARTS) is 1. The number of aliphatic hydroxyl groups excluding tert-OH is 4. The fraction of sp³-hybridized carbons (Fsp3) is 0.462. The topological polar surface area (TPSA) is 121 Å². The van der Waals surface area contributed by atoms with Gasteiger partial charge in [-0.2, -0.15) is 0 Å². The van der Waals surface area contributed by atoms with Crippen molar-refractivity contribution < 1.29 is 30.3 Å². The maximum atomic E-state index is 10.9. The van der Waals surface area contributed by atoms with Crippen LogP contribution in [0.25, 0.3) is 0 Å². The second kappa shape index (κ2) is 7.81. The van der Waals surface area contributed by atoms with Crippen LogP contribution in [-0.2, 0) is 0 Å². The van der Waals surface area contributed by atoms with Gasteiger partial charge in [-0.05, 0) is 18.2 Å². The van der Waals surface area contributed by atoms with Crippen LogP contribution in [0, 0.1) is 0 Å². The molecule has 0 radical (unpaired) electrons. The molecule has 0 bridgehead atoms. The number of benzene rings is 1. The van der Waals surface area contributed by atoms with Crippen LogP contribution in [0.1, 0.15) is 10.4 Å². The lowest BCUT2D eigenvalue weighted by Crippen LogP contribution is -2.40. The van der Waals surface area contributed by atoms with E-state index in [-0.39, 0.29) is 18.7 Å². The van der Waals surface area contributed by atoms with Crippen molar-refractivity contribution in [3.63, 3.8) is 0 Å². The number of anilines is 1. The number of carbonyl (C=O) groups is 1. The lowest BCUT2D eigenvalue weighted by molar-refractivity contribution is 0.0697. The first-order valence-corrected chi connectivity index (χ1v) is 6.14. The lowest BCUT2D eigenvalue weighted by atomic mass is 10.1. The Morgan fingerprint density at radius 2 is 1.65 bits per heavy atom. The number of nitrogens with zero attached hydrogens (tertiary/aromatic N) is 1. The molecule has 1 rings (SSSR count). The Hall–Kier alpha value is -1.67. The SMILES string of the molecule is O=C(O)c1cccc(N(CC(O)CO)CC(O)CO)c1. The van der Waals surface area contributed by atoms with Crippen molar-refractivity contribution in [1.29, 1.82) is 0 Å². The van der Waals surface area contributed by atoms with E-state index >= 15 is 0 Å². The van der Waals surface area contributed by atoms with Gasteiger partial charge in [0.05, 0.1) is 31.0 Å². The van der Waals surface area contributed by atoms with Crippen LogP contribution in [0.4, 0.5) is 5.69 Å². The lowest BCUT2D eigenvalue weighted by Gasteiger charge is -2.28. The van der Waals surface area contributed by atoms with Crippen LogP contribution in [-0.4, -0.2) is 70.0 Å². The van der Waals surface area contributed by atoms with E-state index in [1.165, 1.54) is 17.0 Å². The summed E-state index contributed by atoms with van der Waals surface area (Å²) in [6.07, 6.45) is -2.07. The molecule has 0 fully saturated rings. The van der Waals surface area contributed by atoms with Gasteiger partial charge < -0.3 is 30.4 Å². The molecule has 0 heterocycles. The molecule has 0 aliphatic carbocycles. The van der Waals surface area contributed by atoms with Gasteiger partial charge in [-0.15, -0.1) is 0 Å². The zero-order chi connectivity index (χ0) is 15.1. The van der Waals surface area contributed by atoms with Crippen molar-refractivity contribution in [3.8, 4) is 0 Å². The van der Waals surface area contributed by atoms with Crippen molar-refractivity contribution in [2.75, 3.05) is 31.2 Å². The summed E-state index contributed by atoms with van der Waals surface area (Å²) in [6.45, 7) is -0.887. The molecular weight excluding hydrogens is 266 g/mol. The Balaban J connectivity index is 2.96. The largest absolute Gasteiger partial charge is 0.478 e. The predicted molar refractivity (Wildman–Crippen MR) is 71.8 cm³/mol. The van der Waals surface area contributed by atoms with Crippen LogP contribution in [0.3, 0.4) is 0 Å². The summed E-state index contributed by atoms with van der Waals surface area (Å²) in [5, 5.41) is 45.7. The zero-order valence-corrected chi connectivity index (χ0v) is 10.9. The van der Waals surface area contributed by atoms with E-state index in [0.717, 1.165) is 0 Å². The summed E-state index contributed by atoms with van der Waals surface area (Å²) < 4.78 is 0. The highest BCUT2D eigenvalue weighted by Gasteiger charge is 2.16. The number of hydrogen-bond acceptors (Lipinski definition) is 6. The summed E-state index contributed by atoms with van der Waals surface area (Å²) in [5.74, 6) is -1.09. The quantitative estimate of drug-likeness (QED) is 0.411. The van der Waals surface area contributed by atoms with E-state index in [1.54, 1.807) is 12.1 Å². The highest BCUT2D eigenvalue weighted by Crippen LogP contribution is 2.17. The molecule has 0 saturated carbocycles. The summed E-state index contributed by atoms with van der Waals surface area (Å²) >= 11 is 0. The molecule has 0 amide bonds. The molecule has 7 nitrogen and oxygen atoms in total. The Labute approximate surface area is 116 Å². The molecule has 0 aliphatic heterocycles. The van der Waals surface area contributed by atoms with Crippen LogP contribution >= 0.6 is 0 Å². The summed E-state index contributed by atoms with van der Waals surface area (Å²) in [5.41, 5.74) is 0.550. The van der Waals surface area contributed by atoms with Crippen LogP contribution in [0.15, 0.2) is 24.3 Å². The van der Waals surface area contributed by atoms with Crippen molar-refractivity contribution in [3.05, 3.63) is 29.8 Å². The van der Waals surface area contributed by atoms with Gasteiger partial charge in [0.2, 0.25) is 0 Å². The fourth-order valence-electron chi connectivity index (χ4n) is 1.75. The first-order valence-electron chi connectivity index (χ1n) is 6.14. The number of carboxylic acids is 1. The predicted octanol–water partition coefficient (Wildman–Crippen LogP) is -1.10. The summed E-state index contributed by atoms with van der Waals surface area (Å²) in [4.78, 5) is 12.4. The molecule has 1 aromatic carbocycles. The van der Waals surface area contributed by atoms with Crippen molar-refractivity contribution in [1.82, 2.24) is 0 Å². The van der Waals surface area contributed by atoms with E-state index in [2.05, 4.69) is 0 Å². The van der Waals surface area contributed by atoms with Gasteiger partial charge in [-0.3, -0.25) is 0 Å². The van der Waals surface area contributed by atoms with Crippen LogP contribution in [0.5, 0.6) is 0 Å². The first-order chi connectivity index (χ1) is 9.47. The van der Waals surface area contributed by atoms with Crippen LogP contribution < -0.4 is 4.90 Å². The van der Waals surface area contributed by atoms with E-state index in [9.17, 15) is 15.0 Å². The van der Waals surface area contributed by atoms with E-state index < -0.39 is 31.4 Å². The monoisotopic (exact) mass is 285 g/mol. The van der Waals surface area contributed by atoms with E-state index in [4.69, 9.17) is 15.3 Å². The molecule has 1 aromatic rings. The number of aliphatic hydroxyl groups is 4. The Morgan fingerprint density at radius 1 is 1.10 bits per heavy atom. The molecule has 20 heavy (non-hydrogen) atoms. The summed E-state index contributed by atoms with van der Waals surface area (Å²) in [6, 6.07) is 5.99. The second-order valence-electron chi connectivity index (χ2n) is 4.43. The molecule has 2 unspecified atom stereocenters. The van der Waals surface area contributed by atoms with Crippen molar-refractivity contribution >= 4 is 11.7 Å². The first kappa shape index (κ1) is 16.4. The Bertz CT molecular complexity index is 427. The second-order valence-corrected chi connectivity index (χ2v) is 4.43. The average Bonchev–Trinajstić information content (AvgIpc) is 2.46. The maximum Gasteiger partial charge on any atom is 0.335 e. The average molecular weight is 285 g/mol. The van der Waals surface area contributed by atoms with Gasteiger partial charge in [0.1, 0.15) is 0 Å². The van der Waals surface area contributed by atoms with Gasteiger partial charge >= 0.3 is 5.97 Å². The van der Waals surface area contributed by atoms with Crippen LogP contribution in [0.2, 0.25) is 0 Å². The standard InChI is InChI=1S/C13H19NO6/c15-7-11(17)5-14(6-12(18)8-16)10-3-1-2-9(4-10)13(19)20/h1-4,11-12,15-18H,5-8H2,(H,19,20). The third kappa shape index (κ3) is 4.78. The number of aromatic carboxylic acids is 1.